The SMILES string of the molecule is Cc1ccc2c(c1)CCNC2c1ccccc1C.Cl. The Bertz CT molecular complexity index is 577. The minimum absolute atomic E-state index is 0. The van der Waals surface area contributed by atoms with Crippen molar-refractivity contribution in [2.75, 3.05) is 6.54 Å². The zero-order valence-electron chi connectivity index (χ0n) is 11.4. The summed E-state index contributed by atoms with van der Waals surface area (Å²) in [6, 6.07) is 15.9. The van der Waals surface area contributed by atoms with Crippen LogP contribution in [-0.4, -0.2) is 6.54 Å². The Hall–Kier alpha value is -1.31. The van der Waals surface area contributed by atoms with Crippen molar-refractivity contribution >= 4 is 12.4 Å². The molecule has 0 saturated heterocycles. The highest BCUT2D eigenvalue weighted by atomic mass is 35.5. The molecule has 1 unspecified atom stereocenters. The van der Waals surface area contributed by atoms with Gasteiger partial charge in [-0.05, 0) is 42.5 Å². The van der Waals surface area contributed by atoms with Crippen molar-refractivity contribution in [2.24, 2.45) is 0 Å². The molecular weight excluding hydrogens is 254 g/mol. The molecule has 1 aliphatic rings. The Kier molecular flexibility index (Phi) is 4.28. The molecule has 1 atom stereocenters. The molecule has 1 nitrogen and oxygen atoms in total. The van der Waals surface area contributed by atoms with Gasteiger partial charge >= 0.3 is 0 Å². The highest BCUT2D eigenvalue weighted by Crippen LogP contribution is 2.30. The summed E-state index contributed by atoms with van der Waals surface area (Å²) in [6.45, 7) is 5.43. The Balaban J connectivity index is 0.00000133. The van der Waals surface area contributed by atoms with E-state index < -0.39 is 0 Å². The molecule has 2 aromatic carbocycles. The van der Waals surface area contributed by atoms with Gasteiger partial charge in [-0.2, -0.15) is 0 Å². The summed E-state index contributed by atoms with van der Waals surface area (Å²) >= 11 is 0. The Morgan fingerprint density at radius 2 is 1.79 bits per heavy atom. The number of rotatable bonds is 1. The topological polar surface area (TPSA) is 12.0 Å². The average molecular weight is 274 g/mol. The molecule has 0 bridgehead atoms. The Morgan fingerprint density at radius 1 is 1.00 bits per heavy atom. The van der Waals surface area contributed by atoms with Crippen molar-refractivity contribution in [2.45, 2.75) is 26.3 Å². The number of fused-ring (bicyclic) bond motifs is 1. The van der Waals surface area contributed by atoms with E-state index in [1.54, 1.807) is 0 Å². The first-order valence-electron chi connectivity index (χ1n) is 6.64. The van der Waals surface area contributed by atoms with Crippen LogP contribution in [0.1, 0.15) is 33.9 Å². The van der Waals surface area contributed by atoms with E-state index in [-0.39, 0.29) is 12.4 Å². The van der Waals surface area contributed by atoms with Crippen LogP contribution in [0.3, 0.4) is 0 Å². The molecule has 2 heteroatoms. The molecule has 0 saturated carbocycles. The fourth-order valence-electron chi connectivity index (χ4n) is 2.88. The van der Waals surface area contributed by atoms with Gasteiger partial charge in [0, 0.05) is 6.54 Å². The normalized spacial score (nSPS) is 17.5. The maximum atomic E-state index is 3.65. The maximum Gasteiger partial charge on any atom is 0.0582 e. The third kappa shape index (κ3) is 2.68. The molecule has 0 aliphatic carbocycles. The third-order valence-electron chi connectivity index (χ3n) is 3.85. The van der Waals surface area contributed by atoms with Crippen LogP contribution in [0.25, 0.3) is 0 Å². The quantitative estimate of drug-likeness (QED) is 0.829. The molecule has 0 aromatic heterocycles. The molecule has 3 rings (SSSR count). The van der Waals surface area contributed by atoms with E-state index in [1.165, 1.54) is 27.8 Å². The number of nitrogens with one attached hydrogen (secondary N) is 1. The summed E-state index contributed by atoms with van der Waals surface area (Å²) < 4.78 is 0. The highest BCUT2D eigenvalue weighted by molar-refractivity contribution is 5.85. The van der Waals surface area contributed by atoms with Crippen LogP contribution in [0.4, 0.5) is 0 Å². The zero-order chi connectivity index (χ0) is 12.5. The first-order valence-corrected chi connectivity index (χ1v) is 6.64. The van der Waals surface area contributed by atoms with Crippen molar-refractivity contribution < 1.29 is 0 Å². The van der Waals surface area contributed by atoms with Gasteiger partial charge in [-0.15, -0.1) is 12.4 Å². The lowest BCUT2D eigenvalue weighted by Crippen LogP contribution is -2.31. The lowest BCUT2D eigenvalue weighted by Gasteiger charge is -2.28. The minimum Gasteiger partial charge on any atom is -0.306 e. The number of halogens is 1. The second-order valence-electron chi connectivity index (χ2n) is 5.20. The minimum atomic E-state index is 0. The summed E-state index contributed by atoms with van der Waals surface area (Å²) in [7, 11) is 0. The average Bonchev–Trinajstić information content (AvgIpc) is 2.38. The molecule has 1 aliphatic heterocycles. The van der Waals surface area contributed by atoms with Gasteiger partial charge in [0.2, 0.25) is 0 Å². The van der Waals surface area contributed by atoms with E-state index in [1.807, 2.05) is 0 Å². The van der Waals surface area contributed by atoms with Crippen molar-refractivity contribution in [1.29, 1.82) is 0 Å². The van der Waals surface area contributed by atoms with Crippen LogP contribution >= 0.6 is 12.4 Å². The van der Waals surface area contributed by atoms with Crippen LogP contribution in [0.2, 0.25) is 0 Å². The molecule has 0 radical (unpaired) electrons. The van der Waals surface area contributed by atoms with Gasteiger partial charge in [-0.3, -0.25) is 0 Å². The van der Waals surface area contributed by atoms with E-state index in [2.05, 4.69) is 61.6 Å². The van der Waals surface area contributed by atoms with E-state index in [4.69, 9.17) is 0 Å². The van der Waals surface area contributed by atoms with Crippen molar-refractivity contribution in [3.05, 3.63) is 70.3 Å². The van der Waals surface area contributed by atoms with E-state index >= 15 is 0 Å². The molecule has 100 valence electrons. The van der Waals surface area contributed by atoms with Crippen molar-refractivity contribution in [3.8, 4) is 0 Å². The van der Waals surface area contributed by atoms with Crippen LogP contribution < -0.4 is 5.32 Å². The maximum absolute atomic E-state index is 3.65. The smallest absolute Gasteiger partial charge is 0.0582 e. The van der Waals surface area contributed by atoms with Gasteiger partial charge in [0.05, 0.1) is 6.04 Å². The van der Waals surface area contributed by atoms with Gasteiger partial charge in [0.15, 0.2) is 0 Å². The first-order chi connectivity index (χ1) is 8.75. The molecule has 0 spiro atoms. The lowest BCUT2D eigenvalue weighted by molar-refractivity contribution is 0.565. The van der Waals surface area contributed by atoms with E-state index in [9.17, 15) is 0 Å². The van der Waals surface area contributed by atoms with E-state index in [0.29, 0.717) is 6.04 Å². The standard InChI is InChI=1S/C17H19N.ClH/c1-12-7-8-16-14(11-12)9-10-18-17(16)15-6-4-3-5-13(15)2;/h3-8,11,17-18H,9-10H2,1-2H3;1H. The summed E-state index contributed by atoms with van der Waals surface area (Å²) in [5.41, 5.74) is 7.08. The van der Waals surface area contributed by atoms with Crippen LogP contribution in [0.5, 0.6) is 0 Å². The highest BCUT2D eigenvalue weighted by Gasteiger charge is 2.21. The molecule has 2 aromatic rings. The summed E-state index contributed by atoms with van der Waals surface area (Å²) in [4.78, 5) is 0. The molecule has 19 heavy (non-hydrogen) atoms. The number of aryl methyl sites for hydroxylation is 2. The predicted molar refractivity (Wildman–Crippen MR) is 83.2 cm³/mol. The molecule has 1 N–H and O–H groups in total. The second kappa shape index (κ2) is 5.77. The number of hydrogen-bond donors (Lipinski definition) is 1. The zero-order valence-corrected chi connectivity index (χ0v) is 12.3. The Labute approximate surface area is 121 Å². The van der Waals surface area contributed by atoms with E-state index in [0.717, 1.165) is 13.0 Å². The molecule has 1 heterocycles. The predicted octanol–water partition coefficient (Wildman–Crippen LogP) is 3.96. The third-order valence-corrected chi connectivity index (χ3v) is 3.85. The van der Waals surface area contributed by atoms with Crippen LogP contribution in [0.15, 0.2) is 42.5 Å². The largest absolute Gasteiger partial charge is 0.306 e. The van der Waals surface area contributed by atoms with Crippen LogP contribution in [-0.2, 0) is 6.42 Å². The number of hydrogen-bond acceptors (Lipinski definition) is 1. The van der Waals surface area contributed by atoms with Crippen molar-refractivity contribution in [1.82, 2.24) is 5.32 Å². The first kappa shape index (κ1) is 14.1. The van der Waals surface area contributed by atoms with Gasteiger partial charge in [0.25, 0.3) is 0 Å². The van der Waals surface area contributed by atoms with Gasteiger partial charge in [-0.25, -0.2) is 0 Å². The van der Waals surface area contributed by atoms with Gasteiger partial charge in [-0.1, -0.05) is 48.0 Å². The van der Waals surface area contributed by atoms with Crippen LogP contribution in [0, 0.1) is 13.8 Å². The molecule has 0 fully saturated rings. The molecular formula is C17H20ClN. The Morgan fingerprint density at radius 3 is 2.58 bits per heavy atom. The lowest BCUT2D eigenvalue weighted by atomic mass is 9.87. The fourth-order valence-corrected chi connectivity index (χ4v) is 2.88. The van der Waals surface area contributed by atoms with Gasteiger partial charge < -0.3 is 5.32 Å². The summed E-state index contributed by atoms with van der Waals surface area (Å²) in [6.07, 6.45) is 1.14. The van der Waals surface area contributed by atoms with Crippen molar-refractivity contribution in [3.63, 3.8) is 0 Å². The number of benzene rings is 2. The second-order valence-corrected chi connectivity index (χ2v) is 5.20. The monoisotopic (exact) mass is 273 g/mol. The molecule has 0 amide bonds. The van der Waals surface area contributed by atoms with Gasteiger partial charge in [0.1, 0.15) is 0 Å². The summed E-state index contributed by atoms with van der Waals surface area (Å²) in [5.74, 6) is 0. The summed E-state index contributed by atoms with van der Waals surface area (Å²) in [5, 5.41) is 3.65. The fraction of sp³-hybridized carbons (Fsp3) is 0.294.